The standard InChI is InChI=1S/C14H11BrClN3OS/c1-7-8(2)21-13-11(7)12(16)17-10(18-13)6-19-5-3-4-9(15)14(19)20/h3-5H,6H2,1-2H3. The summed E-state index contributed by atoms with van der Waals surface area (Å²) < 4.78 is 2.06. The molecule has 0 saturated heterocycles. The molecule has 21 heavy (non-hydrogen) atoms. The SMILES string of the molecule is Cc1sc2nc(Cn3cccc(Br)c3=O)nc(Cl)c2c1C. The van der Waals surface area contributed by atoms with E-state index in [4.69, 9.17) is 11.6 Å². The van der Waals surface area contributed by atoms with Gasteiger partial charge in [0.1, 0.15) is 9.98 Å². The second kappa shape index (κ2) is 5.51. The lowest BCUT2D eigenvalue weighted by Crippen LogP contribution is -2.21. The average Bonchev–Trinajstić information content (AvgIpc) is 2.71. The number of halogens is 2. The molecule has 0 amide bonds. The third-order valence-corrected chi connectivity index (χ3v) is 5.29. The number of rotatable bonds is 2. The van der Waals surface area contributed by atoms with Gasteiger partial charge in [-0.1, -0.05) is 11.6 Å². The Morgan fingerprint density at radius 1 is 1.38 bits per heavy atom. The van der Waals surface area contributed by atoms with E-state index in [0.29, 0.717) is 22.0 Å². The first kappa shape index (κ1) is 14.7. The first-order chi connectivity index (χ1) is 9.97. The van der Waals surface area contributed by atoms with Crippen molar-refractivity contribution in [1.82, 2.24) is 14.5 Å². The lowest BCUT2D eigenvalue weighted by atomic mass is 10.2. The number of hydrogen-bond donors (Lipinski definition) is 0. The summed E-state index contributed by atoms with van der Waals surface area (Å²) in [4.78, 5) is 22.9. The van der Waals surface area contributed by atoms with Crippen molar-refractivity contribution in [2.24, 2.45) is 0 Å². The number of pyridine rings is 1. The molecular weight excluding hydrogens is 374 g/mol. The maximum atomic E-state index is 12.0. The molecule has 0 radical (unpaired) electrons. The highest BCUT2D eigenvalue weighted by atomic mass is 79.9. The molecule has 3 aromatic heterocycles. The summed E-state index contributed by atoms with van der Waals surface area (Å²) in [6.45, 7) is 4.35. The van der Waals surface area contributed by atoms with Crippen LogP contribution in [0.4, 0.5) is 0 Å². The Balaban J connectivity index is 2.10. The second-order valence-electron chi connectivity index (χ2n) is 4.68. The number of fused-ring (bicyclic) bond motifs is 1. The smallest absolute Gasteiger partial charge is 0.265 e. The first-order valence-electron chi connectivity index (χ1n) is 6.24. The maximum absolute atomic E-state index is 12.0. The van der Waals surface area contributed by atoms with Crippen molar-refractivity contribution in [3.05, 3.63) is 54.6 Å². The number of thiophene rings is 1. The molecular formula is C14H11BrClN3OS. The fourth-order valence-electron chi connectivity index (χ4n) is 2.10. The van der Waals surface area contributed by atoms with Crippen molar-refractivity contribution in [1.29, 1.82) is 0 Å². The van der Waals surface area contributed by atoms with Crippen LogP contribution in [-0.2, 0) is 6.54 Å². The van der Waals surface area contributed by atoms with E-state index in [-0.39, 0.29) is 5.56 Å². The number of hydrogen-bond acceptors (Lipinski definition) is 4. The molecule has 3 heterocycles. The third kappa shape index (κ3) is 2.63. The van der Waals surface area contributed by atoms with Gasteiger partial charge in [0.15, 0.2) is 5.82 Å². The molecule has 0 aliphatic carbocycles. The van der Waals surface area contributed by atoms with Gasteiger partial charge in [0, 0.05) is 11.1 Å². The van der Waals surface area contributed by atoms with Gasteiger partial charge in [-0.3, -0.25) is 4.79 Å². The molecule has 7 heteroatoms. The van der Waals surface area contributed by atoms with Gasteiger partial charge < -0.3 is 4.57 Å². The van der Waals surface area contributed by atoms with Crippen LogP contribution in [0.5, 0.6) is 0 Å². The van der Waals surface area contributed by atoms with Crippen molar-refractivity contribution in [2.75, 3.05) is 0 Å². The lowest BCUT2D eigenvalue weighted by Gasteiger charge is -2.06. The van der Waals surface area contributed by atoms with E-state index in [0.717, 1.165) is 15.8 Å². The van der Waals surface area contributed by atoms with Gasteiger partial charge in [0.2, 0.25) is 0 Å². The predicted octanol–water partition coefficient (Wildman–Crippen LogP) is 3.93. The van der Waals surface area contributed by atoms with E-state index in [1.807, 2.05) is 13.8 Å². The van der Waals surface area contributed by atoms with Gasteiger partial charge in [-0.2, -0.15) is 0 Å². The molecule has 0 atom stereocenters. The summed E-state index contributed by atoms with van der Waals surface area (Å²) in [6, 6.07) is 3.51. The minimum Gasteiger partial charge on any atom is -0.307 e. The van der Waals surface area contributed by atoms with E-state index in [9.17, 15) is 4.79 Å². The minimum atomic E-state index is -0.115. The Morgan fingerprint density at radius 2 is 2.14 bits per heavy atom. The topological polar surface area (TPSA) is 47.8 Å². The van der Waals surface area contributed by atoms with Crippen LogP contribution in [0.2, 0.25) is 5.15 Å². The summed E-state index contributed by atoms with van der Waals surface area (Å²) in [5, 5.41) is 1.35. The van der Waals surface area contributed by atoms with Crippen LogP contribution in [0.1, 0.15) is 16.3 Å². The van der Waals surface area contributed by atoms with Crippen molar-refractivity contribution in [2.45, 2.75) is 20.4 Å². The van der Waals surface area contributed by atoms with Crippen LogP contribution in [0.3, 0.4) is 0 Å². The Hall–Kier alpha value is -1.24. The van der Waals surface area contributed by atoms with E-state index in [1.54, 1.807) is 34.2 Å². The summed E-state index contributed by atoms with van der Waals surface area (Å²) >= 11 is 11.1. The molecule has 0 saturated carbocycles. The molecule has 108 valence electrons. The highest BCUT2D eigenvalue weighted by molar-refractivity contribution is 9.10. The Kier molecular flexibility index (Phi) is 3.86. The average molecular weight is 385 g/mol. The molecule has 0 aliphatic rings. The highest BCUT2D eigenvalue weighted by Gasteiger charge is 2.13. The molecule has 0 N–H and O–H groups in total. The molecule has 0 bridgehead atoms. The van der Waals surface area contributed by atoms with Crippen LogP contribution < -0.4 is 5.56 Å². The van der Waals surface area contributed by atoms with Crippen LogP contribution in [0, 0.1) is 13.8 Å². The summed E-state index contributed by atoms with van der Waals surface area (Å²) in [5.74, 6) is 0.536. The van der Waals surface area contributed by atoms with Gasteiger partial charge in [-0.15, -0.1) is 11.3 Å². The minimum absolute atomic E-state index is 0.115. The van der Waals surface area contributed by atoms with Crippen molar-refractivity contribution in [3.8, 4) is 0 Å². The molecule has 4 nitrogen and oxygen atoms in total. The normalized spacial score (nSPS) is 11.2. The summed E-state index contributed by atoms with van der Waals surface area (Å²) in [7, 11) is 0. The number of aromatic nitrogens is 3. The fraction of sp³-hybridized carbons (Fsp3) is 0.214. The van der Waals surface area contributed by atoms with Gasteiger partial charge in [-0.05, 0) is 47.5 Å². The van der Waals surface area contributed by atoms with E-state index >= 15 is 0 Å². The zero-order chi connectivity index (χ0) is 15.1. The summed E-state index contributed by atoms with van der Waals surface area (Å²) in [5.41, 5.74) is 1.00. The monoisotopic (exact) mass is 383 g/mol. The molecule has 0 unspecified atom stereocenters. The molecule has 0 spiro atoms. The van der Waals surface area contributed by atoms with Gasteiger partial charge >= 0.3 is 0 Å². The first-order valence-corrected chi connectivity index (χ1v) is 8.23. The zero-order valence-electron chi connectivity index (χ0n) is 11.4. The molecule has 0 aromatic carbocycles. The second-order valence-corrected chi connectivity index (χ2v) is 7.10. The van der Waals surface area contributed by atoms with Crippen molar-refractivity contribution < 1.29 is 0 Å². The number of nitrogens with zero attached hydrogens (tertiary/aromatic N) is 3. The van der Waals surface area contributed by atoms with E-state index in [2.05, 4.69) is 25.9 Å². The van der Waals surface area contributed by atoms with Gasteiger partial charge in [0.05, 0.1) is 16.4 Å². The van der Waals surface area contributed by atoms with Crippen LogP contribution in [0.25, 0.3) is 10.2 Å². The Bertz CT molecular complexity index is 903. The molecule has 3 aromatic rings. The summed E-state index contributed by atoms with van der Waals surface area (Å²) in [6.07, 6.45) is 1.71. The maximum Gasteiger partial charge on any atom is 0.265 e. The Morgan fingerprint density at radius 3 is 2.90 bits per heavy atom. The quantitative estimate of drug-likeness (QED) is 0.629. The molecule has 0 fully saturated rings. The number of aryl methyl sites for hydroxylation is 2. The Labute approximate surface area is 138 Å². The zero-order valence-corrected chi connectivity index (χ0v) is 14.5. The molecule has 3 rings (SSSR count). The van der Waals surface area contributed by atoms with Crippen LogP contribution in [-0.4, -0.2) is 14.5 Å². The highest BCUT2D eigenvalue weighted by Crippen LogP contribution is 2.32. The van der Waals surface area contributed by atoms with Crippen molar-refractivity contribution in [3.63, 3.8) is 0 Å². The predicted molar refractivity (Wildman–Crippen MR) is 89.4 cm³/mol. The fourth-order valence-corrected chi connectivity index (χ4v) is 3.91. The van der Waals surface area contributed by atoms with Gasteiger partial charge in [-0.25, -0.2) is 9.97 Å². The van der Waals surface area contributed by atoms with E-state index < -0.39 is 0 Å². The molecule has 0 aliphatic heterocycles. The van der Waals surface area contributed by atoms with E-state index in [1.165, 1.54) is 4.88 Å². The largest absolute Gasteiger partial charge is 0.307 e. The van der Waals surface area contributed by atoms with Crippen molar-refractivity contribution >= 4 is 49.1 Å². The third-order valence-electron chi connectivity index (χ3n) is 3.32. The van der Waals surface area contributed by atoms with Crippen LogP contribution in [0.15, 0.2) is 27.6 Å². The van der Waals surface area contributed by atoms with Gasteiger partial charge in [0.25, 0.3) is 5.56 Å². The van der Waals surface area contributed by atoms with Crippen LogP contribution >= 0.6 is 38.9 Å². The lowest BCUT2D eigenvalue weighted by molar-refractivity contribution is 0.716.